The van der Waals surface area contributed by atoms with Crippen LogP contribution in [0.15, 0.2) is 4.79 Å². The molecular formula is C7H8FNO3S. The molecule has 13 heavy (non-hydrogen) atoms. The van der Waals surface area contributed by atoms with Gasteiger partial charge in [-0.05, 0) is 13.8 Å². The van der Waals surface area contributed by atoms with Gasteiger partial charge in [0.2, 0.25) is 0 Å². The predicted octanol–water partition coefficient (Wildman–Crippen LogP) is 1.08. The number of hydrogen-bond donors (Lipinski definition) is 1. The molecule has 1 atom stereocenters. The standard InChI is InChI=1S/C7H8FNO3S/c1-3-4(2)13-7(12)9(3)5(8)6(10)11/h5H,1-2H3,(H,10,11). The summed E-state index contributed by atoms with van der Waals surface area (Å²) in [5.74, 6) is -1.65. The molecule has 1 unspecified atom stereocenters. The quantitative estimate of drug-likeness (QED) is 0.785. The van der Waals surface area contributed by atoms with Crippen LogP contribution in [0.4, 0.5) is 4.39 Å². The molecule has 0 spiro atoms. The molecule has 1 heterocycles. The van der Waals surface area contributed by atoms with Gasteiger partial charge in [-0.3, -0.25) is 9.36 Å². The first-order valence-electron chi connectivity index (χ1n) is 3.50. The molecule has 0 fully saturated rings. The van der Waals surface area contributed by atoms with Gasteiger partial charge in [0, 0.05) is 10.6 Å². The molecule has 0 aliphatic rings. The third kappa shape index (κ3) is 1.62. The fourth-order valence-corrected chi connectivity index (χ4v) is 1.77. The van der Waals surface area contributed by atoms with Crippen LogP contribution in [0.1, 0.15) is 16.9 Å². The van der Waals surface area contributed by atoms with E-state index in [0.717, 1.165) is 11.3 Å². The molecule has 0 aliphatic heterocycles. The van der Waals surface area contributed by atoms with Gasteiger partial charge in [0.15, 0.2) is 0 Å². The van der Waals surface area contributed by atoms with Gasteiger partial charge in [-0.15, -0.1) is 0 Å². The summed E-state index contributed by atoms with van der Waals surface area (Å²) in [6.07, 6.45) is -2.28. The lowest BCUT2D eigenvalue weighted by molar-refractivity contribution is -0.146. The van der Waals surface area contributed by atoms with E-state index in [4.69, 9.17) is 5.11 Å². The van der Waals surface area contributed by atoms with E-state index in [0.29, 0.717) is 15.1 Å². The van der Waals surface area contributed by atoms with E-state index >= 15 is 0 Å². The topological polar surface area (TPSA) is 59.3 Å². The minimum Gasteiger partial charge on any atom is -0.478 e. The van der Waals surface area contributed by atoms with E-state index in [1.807, 2.05) is 0 Å². The Morgan fingerprint density at radius 3 is 2.46 bits per heavy atom. The summed E-state index contributed by atoms with van der Waals surface area (Å²) in [6, 6.07) is 0. The molecule has 6 heteroatoms. The van der Waals surface area contributed by atoms with E-state index < -0.39 is 17.1 Å². The second-order valence-corrected chi connectivity index (χ2v) is 3.72. The first kappa shape index (κ1) is 9.91. The summed E-state index contributed by atoms with van der Waals surface area (Å²) in [4.78, 5) is 21.4. The number of nitrogens with zero attached hydrogens (tertiary/aromatic N) is 1. The van der Waals surface area contributed by atoms with Gasteiger partial charge in [-0.1, -0.05) is 11.3 Å². The molecule has 0 aliphatic carbocycles. The number of carboxylic acids is 1. The zero-order valence-electron chi connectivity index (χ0n) is 7.07. The average molecular weight is 205 g/mol. The molecule has 1 aromatic rings. The fraction of sp³-hybridized carbons (Fsp3) is 0.429. The van der Waals surface area contributed by atoms with Crippen molar-refractivity contribution in [2.24, 2.45) is 0 Å². The number of rotatable bonds is 2. The summed E-state index contributed by atoms with van der Waals surface area (Å²) < 4.78 is 13.6. The second kappa shape index (κ2) is 3.29. The number of thiazole rings is 1. The average Bonchev–Trinajstić information content (AvgIpc) is 2.26. The van der Waals surface area contributed by atoms with Gasteiger partial charge < -0.3 is 5.11 Å². The monoisotopic (exact) mass is 205 g/mol. The number of aliphatic carboxylic acids is 1. The molecule has 1 N–H and O–H groups in total. The fourth-order valence-electron chi connectivity index (χ4n) is 0.934. The Bertz CT molecular complexity index is 395. The number of carbonyl (C=O) groups is 1. The van der Waals surface area contributed by atoms with Crippen LogP contribution in [0.25, 0.3) is 0 Å². The number of hydrogen-bond acceptors (Lipinski definition) is 3. The van der Waals surface area contributed by atoms with Crippen molar-refractivity contribution >= 4 is 17.3 Å². The highest BCUT2D eigenvalue weighted by atomic mass is 32.1. The number of aromatic nitrogens is 1. The third-order valence-electron chi connectivity index (χ3n) is 1.74. The Hall–Kier alpha value is -1.17. The van der Waals surface area contributed by atoms with Crippen LogP contribution in [0, 0.1) is 13.8 Å². The molecule has 0 bridgehead atoms. The highest BCUT2D eigenvalue weighted by Crippen LogP contribution is 2.15. The maximum atomic E-state index is 13.0. The van der Waals surface area contributed by atoms with Crippen molar-refractivity contribution in [3.05, 3.63) is 20.2 Å². The number of aryl methyl sites for hydroxylation is 1. The lowest BCUT2D eigenvalue weighted by Gasteiger charge is -2.05. The largest absolute Gasteiger partial charge is 0.478 e. The van der Waals surface area contributed by atoms with Crippen molar-refractivity contribution < 1.29 is 14.3 Å². The number of carboxylic acid groups (broad SMARTS) is 1. The van der Waals surface area contributed by atoms with Crippen molar-refractivity contribution in [3.63, 3.8) is 0 Å². The van der Waals surface area contributed by atoms with Crippen LogP contribution in [-0.4, -0.2) is 15.6 Å². The van der Waals surface area contributed by atoms with Gasteiger partial charge in [-0.2, -0.15) is 0 Å². The zero-order valence-corrected chi connectivity index (χ0v) is 7.89. The molecule has 1 rings (SSSR count). The Kier molecular flexibility index (Phi) is 2.51. The van der Waals surface area contributed by atoms with Crippen LogP contribution in [0.3, 0.4) is 0 Å². The van der Waals surface area contributed by atoms with E-state index in [9.17, 15) is 14.0 Å². The first-order valence-corrected chi connectivity index (χ1v) is 4.32. The lowest BCUT2D eigenvalue weighted by atomic mass is 10.4. The van der Waals surface area contributed by atoms with Crippen molar-refractivity contribution in [1.29, 1.82) is 0 Å². The zero-order chi connectivity index (χ0) is 10.2. The van der Waals surface area contributed by atoms with E-state index in [1.165, 1.54) is 6.92 Å². The Morgan fingerprint density at radius 2 is 2.15 bits per heavy atom. The number of halogens is 1. The lowest BCUT2D eigenvalue weighted by Crippen LogP contribution is -2.24. The smallest absolute Gasteiger partial charge is 0.360 e. The van der Waals surface area contributed by atoms with Gasteiger partial charge in [-0.25, -0.2) is 9.18 Å². The molecular weight excluding hydrogens is 197 g/mol. The van der Waals surface area contributed by atoms with E-state index in [-0.39, 0.29) is 0 Å². The predicted molar refractivity (Wildman–Crippen MR) is 45.8 cm³/mol. The van der Waals surface area contributed by atoms with Crippen molar-refractivity contribution in [3.8, 4) is 0 Å². The summed E-state index contributed by atoms with van der Waals surface area (Å²) in [6.45, 7) is 3.16. The van der Waals surface area contributed by atoms with Crippen molar-refractivity contribution in [1.82, 2.24) is 4.57 Å². The minimum absolute atomic E-state index is 0.366. The van der Waals surface area contributed by atoms with Crippen molar-refractivity contribution in [2.45, 2.75) is 20.1 Å². The van der Waals surface area contributed by atoms with Crippen LogP contribution in [0.5, 0.6) is 0 Å². The maximum Gasteiger partial charge on any atom is 0.360 e. The number of alkyl halides is 1. The Morgan fingerprint density at radius 1 is 1.62 bits per heavy atom. The highest BCUT2D eigenvalue weighted by molar-refractivity contribution is 7.09. The van der Waals surface area contributed by atoms with Crippen LogP contribution < -0.4 is 4.87 Å². The molecule has 0 aromatic carbocycles. The third-order valence-corrected chi connectivity index (χ3v) is 2.71. The molecule has 1 aromatic heterocycles. The van der Waals surface area contributed by atoms with Crippen LogP contribution >= 0.6 is 11.3 Å². The second-order valence-electron chi connectivity index (χ2n) is 2.55. The van der Waals surface area contributed by atoms with Gasteiger partial charge in [0.1, 0.15) is 0 Å². The summed E-state index contributed by atoms with van der Waals surface area (Å²) in [5.41, 5.74) is 0.366. The molecule has 0 saturated heterocycles. The summed E-state index contributed by atoms with van der Waals surface area (Å²) >= 11 is 0.846. The van der Waals surface area contributed by atoms with E-state index in [1.54, 1.807) is 6.92 Å². The normalized spacial score (nSPS) is 12.8. The van der Waals surface area contributed by atoms with Gasteiger partial charge in [0.25, 0.3) is 6.30 Å². The van der Waals surface area contributed by atoms with E-state index in [2.05, 4.69) is 0 Å². The van der Waals surface area contributed by atoms with Crippen molar-refractivity contribution in [2.75, 3.05) is 0 Å². The summed E-state index contributed by atoms with van der Waals surface area (Å²) in [5, 5.41) is 8.36. The molecule has 0 amide bonds. The van der Waals surface area contributed by atoms with Crippen LogP contribution in [0.2, 0.25) is 0 Å². The maximum absolute atomic E-state index is 13.0. The van der Waals surface area contributed by atoms with Gasteiger partial charge in [0.05, 0.1) is 0 Å². The first-order chi connectivity index (χ1) is 5.95. The molecule has 4 nitrogen and oxygen atoms in total. The van der Waals surface area contributed by atoms with Crippen LogP contribution in [-0.2, 0) is 4.79 Å². The minimum atomic E-state index is -2.28. The Labute approximate surface area is 77.2 Å². The SMILES string of the molecule is Cc1sc(=O)n(C(F)C(=O)O)c1C. The molecule has 72 valence electrons. The highest BCUT2D eigenvalue weighted by Gasteiger charge is 2.23. The van der Waals surface area contributed by atoms with Gasteiger partial charge >= 0.3 is 10.8 Å². The summed E-state index contributed by atoms with van der Waals surface area (Å²) in [7, 11) is 0. The Balaban J connectivity index is 3.29. The molecule has 0 saturated carbocycles. The molecule has 0 radical (unpaired) electrons.